The first-order chi connectivity index (χ1) is 15.3. The molecule has 0 radical (unpaired) electrons. The molecule has 0 bridgehead atoms. The number of sulfonamides is 1. The molecule has 2 aliphatic rings. The van der Waals surface area contributed by atoms with Gasteiger partial charge in [0.05, 0.1) is 36.1 Å². The molecule has 2 aromatic carbocycles. The number of nitrogens with one attached hydrogen (secondary N) is 2. The van der Waals surface area contributed by atoms with E-state index in [-0.39, 0.29) is 42.8 Å². The topological polar surface area (TPSA) is 114 Å². The first-order valence-corrected chi connectivity index (χ1v) is 11.9. The van der Waals surface area contributed by atoms with Gasteiger partial charge in [0.2, 0.25) is 21.8 Å². The zero-order valence-electron chi connectivity index (χ0n) is 17.1. The standard InChI is InChI=1S/C21H22ClN3O6S/c22-17-9-14(10-18-21(17)31-8-2-7-30-18)11-19(26)24-15-3-1-4-16(12-15)32(28,29)25-6-5-23-20(27)13-25/h1,3-4,9-10,12H,2,5-8,11,13H2,(H,23,27)(H,24,26). The van der Waals surface area contributed by atoms with Gasteiger partial charge in [-0.15, -0.1) is 0 Å². The van der Waals surface area contributed by atoms with Crippen molar-refractivity contribution in [3.05, 3.63) is 47.0 Å². The van der Waals surface area contributed by atoms with Crippen LogP contribution in [0.25, 0.3) is 0 Å². The quantitative estimate of drug-likeness (QED) is 0.676. The van der Waals surface area contributed by atoms with E-state index in [0.717, 1.165) is 10.7 Å². The average Bonchev–Trinajstić information content (AvgIpc) is 3.00. The summed E-state index contributed by atoms with van der Waals surface area (Å²) in [6.45, 7) is 1.22. The van der Waals surface area contributed by atoms with Gasteiger partial charge in [0.1, 0.15) is 0 Å². The second-order valence-corrected chi connectivity index (χ2v) is 9.74. The minimum absolute atomic E-state index is 0.00336. The van der Waals surface area contributed by atoms with Gasteiger partial charge < -0.3 is 20.1 Å². The number of rotatable bonds is 5. The van der Waals surface area contributed by atoms with Gasteiger partial charge in [0.25, 0.3) is 0 Å². The van der Waals surface area contributed by atoms with Gasteiger partial charge in [-0.3, -0.25) is 9.59 Å². The highest BCUT2D eigenvalue weighted by molar-refractivity contribution is 7.89. The van der Waals surface area contributed by atoms with Crippen LogP contribution in [0.15, 0.2) is 41.3 Å². The zero-order valence-corrected chi connectivity index (χ0v) is 18.7. The number of anilines is 1. The fourth-order valence-electron chi connectivity index (χ4n) is 3.48. The van der Waals surface area contributed by atoms with Crippen LogP contribution in [0, 0.1) is 0 Å². The van der Waals surface area contributed by atoms with Crippen molar-refractivity contribution < 1.29 is 27.5 Å². The highest BCUT2D eigenvalue weighted by Gasteiger charge is 2.29. The van der Waals surface area contributed by atoms with Gasteiger partial charge >= 0.3 is 0 Å². The number of carbonyl (C=O) groups excluding carboxylic acids is 2. The Labute approximate surface area is 190 Å². The lowest BCUT2D eigenvalue weighted by Gasteiger charge is -2.26. The van der Waals surface area contributed by atoms with Gasteiger partial charge in [-0.2, -0.15) is 4.31 Å². The van der Waals surface area contributed by atoms with Crippen molar-refractivity contribution in [3.63, 3.8) is 0 Å². The number of benzene rings is 2. The van der Waals surface area contributed by atoms with E-state index in [2.05, 4.69) is 10.6 Å². The lowest BCUT2D eigenvalue weighted by molar-refractivity contribution is -0.122. The number of piperazine rings is 1. The summed E-state index contributed by atoms with van der Waals surface area (Å²) in [7, 11) is -3.86. The van der Waals surface area contributed by atoms with Crippen LogP contribution in [0.1, 0.15) is 12.0 Å². The maximum atomic E-state index is 12.9. The van der Waals surface area contributed by atoms with E-state index in [1.54, 1.807) is 18.2 Å². The van der Waals surface area contributed by atoms with Crippen molar-refractivity contribution in [2.45, 2.75) is 17.7 Å². The fraction of sp³-hybridized carbons (Fsp3) is 0.333. The molecule has 0 atom stereocenters. The van der Waals surface area contributed by atoms with Crippen molar-refractivity contribution in [2.24, 2.45) is 0 Å². The number of carbonyl (C=O) groups is 2. The Bertz CT molecular complexity index is 1150. The molecule has 2 heterocycles. The van der Waals surface area contributed by atoms with E-state index in [0.29, 0.717) is 41.0 Å². The summed E-state index contributed by atoms with van der Waals surface area (Å²) in [4.78, 5) is 24.2. The first kappa shape index (κ1) is 22.4. The summed E-state index contributed by atoms with van der Waals surface area (Å²) in [5.74, 6) is 0.273. The van der Waals surface area contributed by atoms with Crippen molar-refractivity contribution in [3.8, 4) is 11.5 Å². The van der Waals surface area contributed by atoms with Crippen LogP contribution >= 0.6 is 11.6 Å². The predicted molar refractivity (Wildman–Crippen MR) is 118 cm³/mol. The van der Waals surface area contributed by atoms with Gasteiger partial charge in [-0.25, -0.2) is 8.42 Å². The molecule has 11 heteroatoms. The molecule has 0 spiro atoms. The van der Waals surface area contributed by atoms with Crippen LogP contribution in [0.3, 0.4) is 0 Å². The highest BCUT2D eigenvalue weighted by Crippen LogP contribution is 2.38. The maximum Gasteiger partial charge on any atom is 0.243 e. The van der Waals surface area contributed by atoms with E-state index < -0.39 is 10.0 Å². The third-order valence-electron chi connectivity index (χ3n) is 4.99. The number of hydrogen-bond acceptors (Lipinski definition) is 6. The first-order valence-electron chi connectivity index (χ1n) is 10.1. The summed E-state index contributed by atoms with van der Waals surface area (Å²) in [6.07, 6.45) is 0.752. The fourth-order valence-corrected chi connectivity index (χ4v) is 5.21. The summed E-state index contributed by atoms with van der Waals surface area (Å²) >= 11 is 6.28. The number of nitrogens with zero attached hydrogens (tertiary/aromatic N) is 1. The monoisotopic (exact) mass is 479 g/mol. The Hall–Kier alpha value is -2.82. The Balaban J connectivity index is 1.47. The third kappa shape index (κ3) is 4.98. The van der Waals surface area contributed by atoms with Crippen LogP contribution in [0.2, 0.25) is 5.02 Å². The Morgan fingerprint density at radius 3 is 2.81 bits per heavy atom. The zero-order chi connectivity index (χ0) is 22.7. The SMILES string of the molecule is O=C1CN(S(=O)(=O)c2cccc(NC(=O)Cc3cc(Cl)c4c(c3)OCCCO4)c2)CCN1. The molecule has 2 aliphatic heterocycles. The molecule has 4 rings (SSSR count). The number of ether oxygens (including phenoxy) is 2. The summed E-state index contributed by atoms with van der Waals surface area (Å²) in [5, 5.41) is 5.67. The number of amides is 2. The van der Waals surface area contributed by atoms with E-state index in [1.807, 2.05) is 0 Å². The van der Waals surface area contributed by atoms with E-state index >= 15 is 0 Å². The molecule has 0 aliphatic carbocycles. The molecular formula is C21H22ClN3O6S. The molecule has 2 aromatic rings. The molecule has 0 saturated carbocycles. The van der Waals surface area contributed by atoms with Crippen LogP contribution in [0.4, 0.5) is 5.69 Å². The maximum absolute atomic E-state index is 12.9. The second-order valence-electron chi connectivity index (χ2n) is 7.40. The third-order valence-corrected chi connectivity index (χ3v) is 7.11. The van der Waals surface area contributed by atoms with E-state index in [1.165, 1.54) is 18.2 Å². The Kier molecular flexibility index (Phi) is 6.54. The molecule has 32 heavy (non-hydrogen) atoms. The predicted octanol–water partition coefficient (Wildman–Crippen LogP) is 1.80. The molecule has 1 fully saturated rings. The van der Waals surface area contributed by atoms with Gasteiger partial charge in [0.15, 0.2) is 11.5 Å². The number of fused-ring (bicyclic) bond motifs is 1. The normalized spacial score (nSPS) is 16.7. The lowest BCUT2D eigenvalue weighted by Crippen LogP contribution is -2.49. The van der Waals surface area contributed by atoms with Gasteiger partial charge in [-0.1, -0.05) is 17.7 Å². The Morgan fingerprint density at radius 1 is 1.19 bits per heavy atom. The Morgan fingerprint density at radius 2 is 2.00 bits per heavy atom. The molecule has 2 N–H and O–H groups in total. The number of halogens is 1. The largest absolute Gasteiger partial charge is 0.489 e. The van der Waals surface area contributed by atoms with Crippen molar-refractivity contribution in [1.82, 2.24) is 9.62 Å². The summed E-state index contributed by atoms with van der Waals surface area (Å²) < 4.78 is 38.1. The lowest BCUT2D eigenvalue weighted by atomic mass is 10.1. The molecular weight excluding hydrogens is 458 g/mol. The van der Waals surface area contributed by atoms with Crippen LogP contribution < -0.4 is 20.1 Å². The van der Waals surface area contributed by atoms with Crippen LogP contribution in [-0.2, 0) is 26.0 Å². The van der Waals surface area contributed by atoms with Crippen LogP contribution in [-0.4, -0.2) is 57.4 Å². The molecule has 0 aromatic heterocycles. The smallest absolute Gasteiger partial charge is 0.243 e. The number of hydrogen-bond donors (Lipinski definition) is 2. The van der Waals surface area contributed by atoms with Gasteiger partial charge in [-0.05, 0) is 35.9 Å². The molecule has 0 unspecified atom stereocenters. The molecule has 2 amide bonds. The highest BCUT2D eigenvalue weighted by atomic mass is 35.5. The summed E-state index contributed by atoms with van der Waals surface area (Å²) in [5.41, 5.74) is 0.970. The second kappa shape index (κ2) is 9.35. The van der Waals surface area contributed by atoms with Crippen LogP contribution in [0.5, 0.6) is 11.5 Å². The van der Waals surface area contributed by atoms with Crippen molar-refractivity contribution in [2.75, 3.05) is 38.2 Å². The minimum atomic E-state index is -3.86. The van der Waals surface area contributed by atoms with Crippen molar-refractivity contribution >= 4 is 39.1 Å². The van der Waals surface area contributed by atoms with E-state index in [9.17, 15) is 18.0 Å². The summed E-state index contributed by atoms with van der Waals surface area (Å²) in [6, 6.07) is 9.31. The van der Waals surface area contributed by atoms with Crippen molar-refractivity contribution in [1.29, 1.82) is 0 Å². The van der Waals surface area contributed by atoms with Gasteiger partial charge in [0, 0.05) is 25.2 Å². The molecule has 170 valence electrons. The minimum Gasteiger partial charge on any atom is -0.489 e. The average molecular weight is 480 g/mol. The molecule has 9 nitrogen and oxygen atoms in total. The van der Waals surface area contributed by atoms with E-state index in [4.69, 9.17) is 21.1 Å². The molecule has 1 saturated heterocycles.